The van der Waals surface area contributed by atoms with Gasteiger partial charge in [-0.3, -0.25) is 4.55 Å². The molecule has 2 aliphatic heterocycles. The largest absolute Gasteiger partial charge is 0.453 e. The van der Waals surface area contributed by atoms with Crippen LogP contribution in [0.1, 0.15) is 19.8 Å². The first-order valence-electron chi connectivity index (χ1n) is 12.3. The second-order valence-electron chi connectivity index (χ2n) is 9.26. The van der Waals surface area contributed by atoms with Gasteiger partial charge in [-0.15, -0.1) is 0 Å². The Hall–Kier alpha value is -3.72. The van der Waals surface area contributed by atoms with Gasteiger partial charge in [0.15, 0.2) is 23.0 Å². The quantitative estimate of drug-likeness (QED) is 0.245. The summed E-state index contributed by atoms with van der Waals surface area (Å²) in [5.74, 6) is 2.04. The van der Waals surface area contributed by atoms with Crippen LogP contribution in [0.3, 0.4) is 0 Å². The molecule has 0 amide bonds. The van der Waals surface area contributed by atoms with Gasteiger partial charge in [0.2, 0.25) is 0 Å². The van der Waals surface area contributed by atoms with E-state index in [2.05, 4.69) is 9.80 Å². The minimum atomic E-state index is -4.30. The van der Waals surface area contributed by atoms with Crippen molar-refractivity contribution < 1.29 is 22.4 Å². The summed E-state index contributed by atoms with van der Waals surface area (Å²) in [5, 5.41) is 0.513. The van der Waals surface area contributed by atoms with Gasteiger partial charge in [-0.25, -0.2) is 0 Å². The lowest BCUT2D eigenvalue weighted by molar-refractivity contribution is 0.358. The molecule has 0 aliphatic carbocycles. The summed E-state index contributed by atoms with van der Waals surface area (Å²) in [4.78, 5) is 4.22. The Bertz CT molecular complexity index is 1600. The van der Waals surface area contributed by atoms with Gasteiger partial charge in [0, 0.05) is 11.4 Å². The third-order valence-electron chi connectivity index (χ3n) is 7.08. The third kappa shape index (κ3) is 4.05. The fourth-order valence-electron chi connectivity index (χ4n) is 5.44. The molecule has 1 atom stereocenters. The molecule has 0 spiro atoms. The predicted molar refractivity (Wildman–Crippen MR) is 149 cm³/mol. The molecule has 2 heterocycles. The van der Waals surface area contributed by atoms with Crippen LogP contribution >= 0.6 is 11.6 Å². The summed E-state index contributed by atoms with van der Waals surface area (Å²) in [7, 11) is -4.30. The minimum absolute atomic E-state index is 0.0608. The molecule has 0 aromatic heterocycles. The molecule has 4 aromatic carbocycles. The SMILES string of the molecule is CCC(CCS(=O)(=O)O)(N1c2ccccc2Oc2ccccc21)N1c2ccccc2Oc2ccc(Cl)cc21. The van der Waals surface area contributed by atoms with Crippen molar-refractivity contribution in [1.29, 1.82) is 0 Å². The van der Waals surface area contributed by atoms with Gasteiger partial charge in [0.25, 0.3) is 10.1 Å². The summed E-state index contributed by atoms with van der Waals surface area (Å²) >= 11 is 6.51. The topological polar surface area (TPSA) is 79.3 Å². The molecule has 0 fully saturated rings. The van der Waals surface area contributed by atoms with Gasteiger partial charge >= 0.3 is 0 Å². The van der Waals surface area contributed by atoms with Crippen LogP contribution in [0.15, 0.2) is 91.0 Å². The Balaban J connectivity index is 1.69. The average molecular weight is 549 g/mol. The fraction of sp³-hybridized carbons (Fsp3) is 0.172. The van der Waals surface area contributed by atoms with E-state index in [1.54, 1.807) is 6.07 Å². The van der Waals surface area contributed by atoms with E-state index in [9.17, 15) is 13.0 Å². The normalized spacial score (nSPS) is 15.2. The van der Waals surface area contributed by atoms with E-state index >= 15 is 0 Å². The van der Waals surface area contributed by atoms with Crippen LogP contribution in [0, 0.1) is 0 Å². The maximum atomic E-state index is 12.2. The summed E-state index contributed by atoms with van der Waals surface area (Å²) in [6.07, 6.45) is 0.525. The van der Waals surface area contributed by atoms with Crippen molar-refractivity contribution in [3.05, 3.63) is 96.0 Å². The highest BCUT2D eigenvalue weighted by Crippen LogP contribution is 2.58. The molecule has 7 nitrogen and oxygen atoms in total. The number of anilines is 4. The molecule has 194 valence electrons. The molecule has 1 N–H and O–H groups in total. The van der Waals surface area contributed by atoms with Crippen molar-refractivity contribution in [2.24, 2.45) is 0 Å². The molecule has 4 aromatic rings. The van der Waals surface area contributed by atoms with Crippen molar-refractivity contribution in [3.63, 3.8) is 0 Å². The molecule has 1 unspecified atom stereocenters. The van der Waals surface area contributed by atoms with Crippen LogP contribution in [-0.2, 0) is 10.1 Å². The lowest BCUT2D eigenvalue weighted by atomic mass is 9.92. The predicted octanol–water partition coefficient (Wildman–Crippen LogP) is 7.91. The number of hydrogen-bond acceptors (Lipinski definition) is 6. The first-order valence-corrected chi connectivity index (χ1v) is 14.3. The van der Waals surface area contributed by atoms with Crippen LogP contribution in [0.2, 0.25) is 5.02 Å². The molecule has 2 aliphatic rings. The standard InChI is InChI=1S/C29H25ClN2O5S/c1-2-29(17-18-38(33,34)35,31-21-9-3-6-12-25(21)36-26-13-7-4-10-22(26)31)32-23-11-5-8-14-27(23)37-28-16-15-20(30)19-24(28)32/h3-16,19H,2,17-18H2,1H3,(H,33,34,35). The van der Waals surface area contributed by atoms with Crippen LogP contribution < -0.4 is 19.3 Å². The van der Waals surface area contributed by atoms with Crippen molar-refractivity contribution in [3.8, 4) is 23.0 Å². The summed E-state index contributed by atoms with van der Waals surface area (Å²) in [6, 6.07) is 28.3. The highest BCUT2D eigenvalue weighted by atomic mass is 35.5. The van der Waals surface area contributed by atoms with Gasteiger partial charge in [0.05, 0.1) is 28.5 Å². The van der Waals surface area contributed by atoms with Crippen LogP contribution in [0.5, 0.6) is 23.0 Å². The highest BCUT2D eigenvalue weighted by Gasteiger charge is 2.49. The Kier molecular flexibility index (Phi) is 5.98. The monoisotopic (exact) mass is 548 g/mol. The number of benzene rings is 4. The van der Waals surface area contributed by atoms with Crippen LogP contribution in [0.4, 0.5) is 22.7 Å². The number of nitrogens with zero attached hydrogens (tertiary/aromatic N) is 2. The summed E-state index contributed by atoms with van der Waals surface area (Å²) in [6.45, 7) is 2.01. The van der Waals surface area contributed by atoms with Crippen molar-refractivity contribution in [1.82, 2.24) is 0 Å². The van der Waals surface area contributed by atoms with Gasteiger partial charge in [0.1, 0.15) is 5.66 Å². The first kappa shape index (κ1) is 24.6. The zero-order valence-corrected chi connectivity index (χ0v) is 22.1. The van der Waals surface area contributed by atoms with E-state index in [0.717, 1.165) is 17.1 Å². The Morgan fingerprint density at radius 2 is 1.18 bits per heavy atom. The molecule has 9 heteroatoms. The minimum Gasteiger partial charge on any atom is -0.453 e. The number of hydrogen-bond donors (Lipinski definition) is 1. The lowest BCUT2D eigenvalue weighted by Gasteiger charge is -2.55. The summed E-state index contributed by atoms with van der Waals surface area (Å²) in [5.41, 5.74) is 1.95. The molecule has 0 bridgehead atoms. The molecule has 6 rings (SSSR count). The van der Waals surface area contributed by atoms with Crippen molar-refractivity contribution in [2.75, 3.05) is 15.6 Å². The third-order valence-corrected chi connectivity index (χ3v) is 8.03. The molecule has 38 heavy (non-hydrogen) atoms. The van der Waals surface area contributed by atoms with Gasteiger partial charge in [-0.05, 0) is 61.0 Å². The van der Waals surface area contributed by atoms with Gasteiger partial charge in [-0.2, -0.15) is 8.42 Å². The van der Waals surface area contributed by atoms with Crippen LogP contribution in [0.25, 0.3) is 0 Å². The maximum Gasteiger partial charge on any atom is 0.265 e. The number of para-hydroxylation sites is 6. The van der Waals surface area contributed by atoms with E-state index in [1.165, 1.54) is 0 Å². The number of fused-ring (bicyclic) bond motifs is 4. The Morgan fingerprint density at radius 3 is 1.66 bits per heavy atom. The van der Waals surface area contributed by atoms with E-state index < -0.39 is 21.5 Å². The number of rotatable bonds is 6. The molecule has 0 saturated heterocycles. The average Bonchev–Trinajstić information content (AvgIpc) is 2.91. The second-order valence-corrected chi connectivity index (χ2v) is 11.3. The fourth-order valence-corrected chi connectivity index (χ4v) is 6.19. The number of halogens is 1. The maximum absolute atomic E-state index is 12.2. The summed E-state index contributed by atoms with van der Waals surface area (Å²) < 4.78 is 47.0. The van der Waals surface area contributed by atoms with Crippen LogP contribution in [-0.4, -0.2) is 24.4 Å². The molecule has 0 radical (unpaired) electrons. The van der Waals surface area contributed by atoms with E-state index in [4.69, 9.17) is 21.1 Å². The second kappa shape index (κ2) is 9.23. The van der Waals surface area contributed by atoms with E-state index in [1.807, 2.05) is 91.9 Å². The van der Waals surface area contributed by atoms with Crippen molar-refractivity contribution >= 4 is 44.5 Å². The highest BCUT2D eigenvalue weighted by molar-refractivity contribution is 7.85. The van der Waals surface area contributed by atoms with Gasteiger partial charge < -0.3 is 19.3 Å². The zero-order chi connectivity index (χ0) is 26.5. The van der Waals surface area contributed by atoms with Crippen molar-refractivity contribution in [2.45, 2.75) is 25.4 Å². The van der Waals surface area contributed by atoms with Gasteiger partial charge in [-0.1, -0.05) is 54.9 Å². The molecular weight excluding hydrogens is 524 g/mol. The number of ether oxygens (including phenoxy) is 2. The zero-order valence-electron chi connectivity index (χ0n) is 20.5. The smallest absolute Gasteiger partial charge is 0.265 e. The van der Waals surface area contributed by atoms with E-state index in [0.29, 0.717) is 40.1 Å². The lowest BCUT2D eigenvalue weighted by Crippen LogP contribution is -2.59. The first-order chi connectivity index (χ1) is 18.3. The van der Waals surface area contributed by atoms with E-state index in [-0.39, 0.29) is 6.42 Å². The molecular formula is C29H25ClN2O5S. The Labute approximate surface area is 226 Å². The molecule has 0 saturated carbocycles. The Morgan fingerprint density at radius 1 is 0.737 bits per heavy atom.